The third kappa shape index (κ3) is 3.92. The van der Waals surface area contributed by atoms with Crippen LogP contribution in [-0.2, 0) is 0 Å². The molecule has 3 rings (SSSR count). The van der Waals surface area contributed by atoms with E-state index in [9.17, 15) is 13.2 Å². The van der Waals surface area contributed by atoms with Crippen molar-refractivity contribution in [2.45, 2.75) is 25.9 Å². The molecule has 132 valence electrons. The largest absolute Gasteiger partial charge is 0.483 e. The minimum absolute atomic E-state index is 0.103. The highest BCUT2D eigenvalue weighted by Crippen LogP contribution is 2.37. The minimum atomic E-state index is -4.41. The van der Waals surface area contributed by atoms with Crippen LogP contribution in [0, 0.1) is 12.8 Å². The summed E-state index contributed by atoms with van der Waals surface area (Å²) in [5.41, 5.74) is 0.916. The average molecular weight is 344 g/mol. The minimum Gasteiger partial charge on any atom is -0.483 e. The normalized spacial score (nSPS) is 16.5. The summed E-state index contributed by atoms with van der Waals surface area (Å²) in [6.45, 7) is 2.63. The van der Waals surface area contributed by atoms with Crippen LogP contribution < -0.4 is 14.8 Å². The molecule has 0 aliphatic carbocycles. The molecule has 1 aliphatic rings. The lowest BCUT2D eigenvalue weighted by Gasteiger charge is -2.22. The molecule has 24 heavy (non-hydrogen) atoms. The van der Waals surface area contributed by atoms with E-state index in [1.54, 1.807) is 19.1 Å². The lowest BCUT2D eigenvalue weighted by molar-refractivity contribution is -0.153. The van der Waals surface area contributed by atoms with Crippen LogP contribution >= 0.6 is 0 Å². The Labute approximate surface area is 137 Å². The highest BCUT2D eigenvalue weighted by atomic mass is 19.4. The number of nitrogens with zero attached hydrogens (tertiary/aromatic N) is 1. The third-order valence-electron chi connectivity index (χ3n) is 4.05. The molecule has 0 amide bonds. The SMILES string of the molecule is Cc1ccc2onc(OCC3CCNCC3)c2c1OCC(F)(F)F. The van der Waals surface area contributed by atoms with Gasteiger partial charge in [-0.15, -0.1) is 0 Å². The second-order valence-corrected chi connectivity index (χ2v) is 5.98. The number of aryl methyl sites for hydroxylation is 1. The first kappa shape index (κ1) is 16.9. The van der Waals surface area contributed by atoms with Crippen molar-refractivity contribution in [1.82, 2.24) is 10.5 Å². The number of aromatic nitrogens is 1. The lowest BCUT2D eigenvalue weighted by Crippen LogP contribution is -2.30. The summed E-state index contributed by atoms with van der Waals surface area (Å²) < 4.78 is 53.4. The van der Waals surface area contributed by atoms with Gasteiger partial charge < -0.3 is 19.3 Å². The number of hydrogen-bond acceptors (Lipinski definition) is 5. The van der Waals surface area contributed by atoms with Gasteiger partial charge in [0, 0.05) is 0 Å². The molecule has 0 saturated carbocycles. The van der Waals surface area contributed by atoms with Gasteiger partial charge in [0.05, 0.1) is 6.61 Å². The van der Waals surface area contributed by atoms with Crippen molar-refractivity contribution in [2.24, 2.45) is 5.92 Å². The molecule has 2 heterocycles. The standard InChI is InChI=1S/C16H19F3N2O3/c1-10-2-3-12-13(14(10)23-9-16(17,18)19)15(21-24-12)22-8-11-4-6-20-7-5-11/h2-3,11,20H,4-9H2,1H3. The maximum atomic E-state index is 12.5. The van der Waals surface area contributed by atoms with Gasteiger partial charge in [-0.1, -0.05) is 6.07 Å². The van der Waals surface area contributed by atoms with Gasteiger partial charge >= 0.3 is 6.18 Å². The fraction of sp³-hybridized carbons (Fsp3) is 0.562. The zero-order chi connectivity index (χ0) is 17.2. The van der Waals surface area contributed by atoms with Crippen molar-refractivity contribution in [3.8, 4) is 11.6 Å². The number of alkyl halides is 3. The van der Waals surface area contributed by atoms with E-state index in [4.69, 9.17) is 14.0 Å². The Hall–Kier alpha value is -1.96. The topological polar surface area (TPSA) is 56.5 Å². The second-order valence-electron chi connectivity index (χ2n) is 5.98. The number of piperidine rings is 1. The highest BCUT2D eigenvalue weighted by Gasteiger charge is 2.30. The van der Waals surface area contributed by atoms with E-state index in [-0.39, 0.29) is 11.6 Å². The predicted molar refractivity (Wildman–Crippen MR) is 81.4 cm³/mol. The molecule has 1 fully saturated rings. The molecular weight excluding hydrogens is 325 g/mol. The van der Waals surface area contributed by atoms with Gasteiger partial charge in [-0.05, 0) is 55.6 Å². The van der Waals surface area contributed by atoms with Crippen molar-refractivity contribution in [1.29, 1.82) is 0 Å². The van der Waals surface area contributed by atoms with Crippen molar-refractivity contribution in [2.75, 3.05) is 26.3 Å². The molecule has 0 spiro atoms. The molecule has 2 aromatic rings. The summed E-state index contributed by atoms with van der Waals surface area (Å²) >= 11 is 0. The summed E-state index contributed by atoms with van der Waals surface area (Å²) in [6.07, 6.45) is -2.43. The van der Waals surface area contributed by atoms with Crippen molar-refractivity contribution in [3.05, 3.63) is 17.7 Å². The highest BCUT2D eigenvalue weighted by molar-refractivity contribution is 5.89. The van der Waals surface area contributed by atoms with Crippen LogP contribution in [-0.4, -0.2) is 37.6 Å². The van der Waals surface area contributed by atoms with E-state index in [0.29, 0.717) is 29.1 Å². The first-order chi connectivity index (χ1) is 11.4. The van der Waals surface area contributed by atoms with Crippen LogP contribution in [0.25, 0.3) is 11.0 Å². The quantitative estimate of drug-likeness (QED) is 0.900. The Morgan fingerprint density at radius 2 is 2.00 bits per heavy atom. The monoisotopic (exact) mass is 344 g/mol. The average Bonchev–Trinajstić information content (AvgIpc) is 2.95. The number of fused-ring (bicyclic) bond motifs is 1. The van der Waals surface area contributed by atoms with E-state index in [0.717, 1.165) is 25.9 Å². The molecule has 0 bridgehead atoms. The third-order valence-corrected chi connectivity index (χ3v) is 4.05. The van der Waals surface area contributed by atoms with Gasteiger partial charge in [0.25, 0.3) is 5.88 Å². The van der Waals surface area contributed by atoms with E-state index in [2.05, 4.69) is 10.5 Å². The Morgan fingerprint density at radius 3 is 2.71 bits per heavy atom. The van der Waals surface area contributed by atoms with Gasteiger partial charge in [0.2, 0.25) is 0 Å². The van der Waals surface area contributed by atoms with Crippen molar-refractivity contribution < 1.29 is 27.2 Å². The van der Waals surface area contributed by atoms with Crippen molar-refractivity contribution >= 4 is 11.0 Å². The van der Waals surface area contributed by atoms with E-state index >= 15 is 0 Å². The predicted octanol–water partition coefficient (Wildman–Crippen LogP) is 3.46. The van der Waals surface area contributed by atoms with Gasteiger partial charge in [-0.3, -0.25) is 0 Å². The van der Waals surface area contributed by atoms with Crippen LogP contribution in [0.3, 0.4) is 0 Å². The van der Waals surface area contributed by atoms with Crippen molar-refractivity contribution in [3.63, 3.8) is 0 Å². The number of nitrogens with one attached hydrogen (secondary N) is 1. The van der Waals surface area contributed by atoms with Gasteiger partial charge in [0.1, 0.15) is 11.1 Å². The van der Waals surface area contributed by atoms with E-state index < -0.39 is 12.8 Å². The first-order valence-electron chi connectivity index (χ1n) is 7.86. The number of ether oxygens (including phenoxy) is 2. The summed E-state index contributed by atoms with van der Waals surface area (Å²) in [6, 6.07) is 3.28. The summed E-state index contributed by atoms with van der Waals surface area (Å²) in [4.78, 5) is 0. The zero-order valence-electron chi connectivity index (χ0n) is 13.3. The molecule has 1 aromatic carbocycles. The molecule has 0 atom stereocenters. The number of halogens is 3. The fourth-order valence-electron chi connectivity index (χ4n) is 2.77. The molecule has 0 radical (unpaired) electrons. The molecule has 1 aliphatic heterocycles. The molecule has 1 N–H and O–H groups in total. The molecule has 1 aromatic heterocycles. The Bertz CT molecular complexity index is 694. The van der Waals surface area contributed by atoms with Crippen LogP contribution in [0.1, 0.15) is 18.4 Å². The van der Waals surface area contributed by atoms with E-state index in [1.165, 1.54) is 0 Å². The Balaban J connectivity index is 1.81. The first-order valence-corrected chi connectivity index (χ1v) is 7.86. The fourth-order valence-corrected chi connectivity index (χ4v) is 2.77. The number of benzene rings is 1. The smallest absolute Gasteiger partial charge is 0.422 e. The Morgan fingerprint density at radius 1 is 1.25 bits per heavy atom. The number of rotatable bonds is 5. The molecule has 1 saturated heterocycles. The van der Waals surface area contributed by atoms with Gasteiger partial charge in [-0.2, -0.15) is 13.2 Å². The summed E-state index contributed by atoms with van der Waals surface area (Å²) in [7, 11) is 0. The molecule has 8 heteroatoms. The van der Waals surface area contributed by atoms with Crippen LogP contribution in [0.2, 0.25) is 0 Å². The van der Waals surface area contributed by atoms with E-state index in [1.807, 2.05) is 0 Å². The van der Waals surface area contributed by atoms with Crippen LogP contribution in [0.5, 0.6) is 11.6 Å². The zero-order valence-corrected chi connectivity index (χ0v) is 13.3. The summed E-state index contributed by atoms with van der Waals surface area (Å²) in [5.74, 6) is 0.679. The second kappa shape index (κ2) is 6.88. The van der Waals surface area contributed by atoms with Crippen LogP contribution in [0.4, 0.5) is 13.2 Å². The molecule has 0 unspecified atom stereocenters. The maximum absolute atomic E-state index is 12.5. The summed E-state index contributed by atoms with van der Waals surface area (Å²) in [5, 5.41) is 7.48. The lowest BCUT2D eigenvalue weighted by atomic mass is 9.99. The Kier molecular flexibility index (Phi) is 4.84. The molecule has 5 nitrogen and oxygen atoms in total. The van der Waals surface area contributed by atoms with Gasteiger partial charge in [0.15, 0.2) is 12.2 Å². The number of hydrogen-bond donors (Lipinski definition) is 1. The van der Waals surface area contributed by atoms with Crippen LogP contribution in [0.15, 0.2) is 16.7 Å². The van der Waals surface area contributed by atoms with Gasteiger partial charge in [-0.25, -0.2) is 0 Å². The molecular formula is C16H19F3N2O3. The maximum Gasteiger partial charge on any atom is 0.422 e.